The van der Waals surface area contributed by atoms with E-state index in [1.54, 1.807) is 11.5 Å². The van der Waals surface area contributed by atoms with E-state index in [0.717, 1.165) is 4.57 Å². The van der Waals surface area contributed by atoms with Crippen LogP contribution in [0.1, 0.15) is 31.2 Å². The van der Waals surface area contributed by atoms with E-state index >= 15 is 0 Å². The summed E-state index contributed by atoms with van der Waals surface area (Å²) in [6, 6.07) is 4.22. The first-order chi connectivity index (χ1) is 12.7. The van der Waals surface area contributed by atoms with Gasteiger partial charge in [0, 0.05) is 19.4 Å². The molecule has 5 nitrogen and oxygen atoms in total. The van der Waals surface area contributed by atoms with E-state index in [0.29, 0.717) is 17.8 Å². The molecule has 1 aromatic carbocycles. The van der Waals surface area contributed by atoms with E-state index in [9.17, 15) is 22.4 Å². The van der Waals surface area contributed by atoms with Crippen molar-refractivity contribution in [2.75, 3.05) is 0 Å². The maximum absolute atomic E-state index is 14.0. The monoisotopic (exact) mass is 382 g/mol. The summed E-state index contributed by atoms with van der Waals surface area (Å²) < 4.78 is 54.4. The van der Waals surface area contributed by atoms with Crippen LogP contribution in [0.5, 0.6) is 0 Å². The molecule has 0 spiro atoms. The lowest BCUT2D eigenvalue weighted by molar-refractivity contribution is -0.135. The van der Waals surface area contributed by atoms with Crippen LogP contribution in [0, 0.1) is 12.7 Å². The molecule has 0 saturated heterocycles. The van der Waals surface area contributed by atoms with Gasteiger partial charge >= 0.3 is 6.18 Å². The molecule has 0 atom stereocenters. The Bertz CT molecular complexity index is 1040. The Labute approximate surface area is 152 Å². The Balaban J connectivity index is 2.16. The van der Waals surface area contributed by atoms with Gasteiger partial charge in [0.05, 0.1) is 12.0 Å². The molecule has 3 aromatic rings. The molecular weight excluding hydrogens is 364 g/mol. The molecule has 0 aliphatic carbocycles. The fourth-order valence-corrected chi connectivity index (χ4v) is 2.87. The zero-order valence-electron chi connectivity index (χ0n) is 14.8. The third-order valence-corrected chi connectivity index (χ3v) is 4.32. The van der Waals surface area contributed by atoms with Crippen molar-refractivity contribution >= 4 is 11.2 Å². The molecule has 0 aliphatic rings. The van der Waals surface area contributed by atoms with Crippen molar-refractivity contribution in [3.05, 3.63) is 52.1 Å². The molecule has 2 aromatic heterocycles. The second kappa shape index (κ2) is 7.13. The van der Waals surface area contributed by atoms with Crippen LogP contribution >= 0.6 is 0 Å². The maximum Gasteiger partial charge on any atom is 0.389 e. The fourth-order valence-electron chi connectivity index (χ4n) is 2.87. The Kier molecular flexibility index (Phi) is 5.03. The summed E-state index contributed by atoms with van der Waals surface area (Å²) in [5, 5.41) is 0. The minimum Gasteiger partial charge on any atom is -0.315 e. The Morgan fingerprint density at radius 2 is 1.96 bits per heavy atom. The van der Waals surface area contributed by atoms with Crippen LogP contribution in [-0.4, -0.2) is 25.3 Å². The van der Waals surface area contributed by atoms with Crippen LogP contribution in [0.15, 0.2) is 29.3 Å². The predicted octanol–water partition coefficient (Wildman–Crippen LogP) is 3.93. The summed E-state index contributed by atoms with van der Waals surface area (Å²) in [5.74, 6) is -0.366. The average Bonchev–Trinajstić information content (AvgIpc) is 3.00. The van der Waals surface area contributed by atoms with Crippen molar-refractivity contribution in [1.29, 1.82) is 0 Å². The topological polar surface area (TPSA) is 52.7 Å². The van der Waals surface area contributed by atoms with Gasteiger partial charge in [0.25, 0.3) is 5.56 Å². The molecule has 3 rings (SSSR count). The fraction of sp³-hybridized carbons (Fsp3) is 0.389. The number of fused-ring (bicyclic) bond motifs is 1. The minimum absolute atomic E-state index is 0.0743. The number of alkyl halides is 3. The summed E-state index contributed by atoms with van der Waals surface area (Å²) in [6.45, 7) is 3.93. The molecule has 0 radical (unpaired) electrons. The molecule has 0 fully saturated rings. The lowest BCUT2D eigenvalue weighted by Crippen LogP contribution is -2.25. The van der Waals surface area contributed by atoms with Crippen LogP contribution in [-0.2, 0) is 13.0 Å². The molecule has 0 aliphatic heterocycles. The van der Waals surface area contributed by atoms with Gasteiger partial charge in [-0.15, -0.1) is 0 Å². The van der Waals surface area contributed by atoms with E-state index in [2.05, 4.69) is 9.97 Å². The standard InChI is InChI=1S/C18H18F4N4O/c1-3-25-10-23-15-16(25)24-14(5-4-8-18(20,21)22)26(17(15)27)12-7-6-11(2)13(19)9-12/h6-7,9-10H,3-5,8H2,1-2H3. The van der Waals surface area contributed by atoms with Crippen molar-refractivity contribution in [3.63, 3.8) is 0 Å². The number of hydrogen-bond acceptors (Lipinski definition) is 3. The molecule has 0 bridgehead atoms. The molecular formula is C18H18F4N4O. The van der Waals surface area contributed by atoms with Crippen molar-refractivity contribution in [2.24, 2.45) is 0 Å². The van der Waals surface area contributed by atoms with Crippen molar-refractivity contribution in [3.8, 4) is 5.69 Å². The van der Waals surface area contributed by atoms with Gasteiger partial charge in [0.15, 0.2) is 11.2 Å². The number of aryl methyl sites for hydroxylation is 3. The van der Waals surface area contributed by atoms with Crippen LogP contribution in [0.4, 0.5) is 17.6 Å². The number of halogens is 4. The summed E-state index contributed by atoms with van der Waals surface area (Å²) >= 11 is 0. The molecule has 2 heterocycles. The van der Waals surface area contributed by atoms with Crippen molar-refractivity contribution < 1.29 is 17.6 Å². The first-order valence-corrected chi connectivity index (χ1v) is 8.51. The zero-order chi connectivity index (χ0) is 19.8. The maximum atomic E-state index is 14.0. The van der Waals surface area contributed by atoms with Crippen molar-refractivity contribution in [1.82, 2.24) is 19.1 Å². The largest absolute Gasteiger partial charge is 0.389 e. The quantitative estimate of drug-likeness (QED) is 0.628. The van der Waals surface area contributed by atoms with Gasteiger partial charge in [-0.3, -0.25) is 9.36 Å². The normalized spacial score (nSPS) is 12.1. The summed E-state index contributed by atoms with van der Waals surface area (Å²) in [5.41, 5.74) is 0.489. The molecule has 0 saturated carbocycles. The zero-order valence-corrected chi connectivity index (χ0v) is 14.8. The molecule has 0 unspecified atom stereocenters. The Hall–Kier alpha value is -2.71. The van der Waals surface area contributed by atoms with Crippen LogP contribution in [0.25, 0.3) is 16.9 Å². The highest BCUT2D eigenvalue weighted by molar-refractivity contribution is 5.70. The second-order valence-corrected chi connectivity index (χ2v) is 6.27. The van der Waals surface area contributed by atoms with Gasteiger partial charge in [-0.25, -0.2) is 14.4 Å². The molecule has 9 heteroatoms. The van der Waals surface area contributed by atoms with Gasteiger partial charge in [0.1, 0.15) is 11.6 Å². The van der Waals surface area contributed by atoms with Gasteiger partial charge in [0.2, 0.25) is 0 Å². The van der Waals surface area contributed by atoms with Gasteiger partial charge < -0.3 is 4.57 Å². The Morgan fingerprint density at radius 1 is 1.22 bits per heavy atom. The molecule has 0 amide bonds. The average molecular weight is 382 g/mol. The van der Waals surface area contributed by atoms with Gasteiger partial charge in [-0.05, 0) is 38.0 Å². The number of benzene rings is 1. The lowest BCUT2D eigenvalue weighted by Gasteiger charge is -2.14. The first-order valence-electron chi connectivity index (χ1n) is 8.51. The van der Waals surface area contributed by atoms with Crippen LogP contribution < -0.4 is 5.56 Å². The smallest absolute Gasteiger partial charge is 0.315 e. The lowest BCUT2D eigenvalue weighted by atomic mass is 10.2. The molecule has 0 N–H and O–H groups in total. The first kappa shape index (κ1) is 19.1. The summed E-state index contributed by atoms with van der Waals surface area (Å²) in [7, 11) is 0. The number of rotatable bonds is 5. The highest BCUT2D eigenvalue weighted by Crippen LogP contribution is 2.23. The summed E-state index contributed by atoms with van der Waals surface area (Å²) in [4.78, 5) is 21.4. The Morgan fingerprint density at radius 3 is 2.59 bits per heavy atom. The number of nitrogens with zero attached hydrogens (tertiary/aromatic N) is 4. The highest BCUT2D eigenvalue weighted by atomic mass is 19.4. The van der Waals surface area contributed by atoms with Gasteiger partial charge in [-0.1, -0.05) is 6.07 Å². The van der Waals surface area contributed by atoms with E-state index < -0.39 is 24.0 Å². The number of imidazole rings is 1. The van der Waals surface area contributed by atoms with Crippen molar-refractivity contribution in [2.45, 2.75) is 45.8 Å². The highest BCUT2D eigenvalue weighted by Gasteiger charge is 2.27. The third-order valence-electron chi connectivity index (χ3n) is 4.32. The number of hydrogen-bond donors (Lipinski definition) is 0. The number of aromatic nitrogens is 4. The third kappa shape index (κ3) is 3.86. The minimum atomic E-state index is -4.30. The van der Waals surface area contributed by atoms with Crippen LogP contribution in [0.2, 0.25) is 0 Å². The second-order valence-electron chi connectivity index (χ2n) is 6.27. The van der Waals surface area contributed by atoms with Gasteiger partial charge in [-0.2, -0.15) is 13.2 Å². The van der Waals surface area contributed by atoms with E-state index in [1.807, 2.05) is 6.92 Å². The van der Waals surface area contributed by atoms with E-state index in [-0.39, 0.29) is 29.9 Å². The van der Waals surface area contributed by atoms with E-state index in [1.165, 1.54) is 24.5 Å². The molecule has 27 heavy (non-hydrogen) atoms. The SMILES string of the molecule is CCn1cnc2c(=O)n(-c3ccc(C)c(F)c3)c(CCCC(F)(F)F)nc21. The predicted molar refractivity (Wildman–Crippen MR) is 92.5 cm³/mol. The van der Waals surface area contributed by atoms with E-state index in [4.69, 9.17) is 0 Å². The summed E-state index contributed by atoms with van der Waals surface area (Å²) in [6.07, 6.45) is -4.13. The molecule has 144 valence electrons. The van der Waals surface area contributed by atoms with Crippen LogP contribution in [0.3, 0.4) is 0 Å².